The van der Waals surface area contributed by atoms with Gasteiger partial charge in [0.15, 0.2) is 5.82 Å². The van der Waals surface area contributed by atoms with Crippen molar-refractivity contribution in [2.45, 2.75) is 15.2 Å². The molecule has 0 bridgehead atoms. The van der Waals surface area contributed by atoms with Gasteiger partial charge in [0.2, 0.25) is 0 Å². The first-order valence-corrected chi connectivity index (χ1v) is 22.0. The highest BCUT2D eigenvalue weighted by Crippen LogP contribution is 2.62. The van der Waals surface area contributed by atoms with Crippen molar-refractivity contribution in [1.82, 2.24) is 9.97 Å². The summed E-state index contributed by atoms with van der Waals surface area (Å²) in [6.07, 6.45) is 0. The van der Waals surface area contributed by atoms with Crippen molar-refractivity contribution in [3.05, 3.63) is 253 Å². The van der Waals surface area contributed by atoms with Gasteiger partial charge in [-0.3, -0.25) is 0 Å². The van der Waals surface area contributed by atoms with Crippen LogP contribution in [0, 0.1) is 0 Å². The van der Waals surface area contributed by atoms with Gasteiger partial charge in [-0.25, -0.2) is 9.97 Å². The number of hydrogen-bond donors (Lipinski definition) is 0. The first-order valence-electron chi connectivity index (χ1n) is 21.1. The second kappa shape index (κ2) is 14.8. The van der Waals surface area contributed by atoms with E-state index in [1.807, 2.05) is 11.8 Å². The Morgan fingerprint density at radius 2 is 0.710 bits per heavy atom. The van der Waals surface area contributed by atoms with E-state index in [2.05, 4.69) is 231 Å². The van der Waals surface area contributed by atoms with Gasteiger partial charge in [-0.15, -0.1) is 0 Å². The molecule has 9 aromatic carbocycles. The molecule has 1 aliphatic carbocycles. The normalized spacial score (nSPS) is 12.9. The molecule has 10 aromatic rings. The van der Waals surface area contributed by atoms with Gasteiger partial charge in [0.25, 0.3) is 0 Å². The van der Waals surface area contributed by atoms with E-state index in [9.17, 15) is 0 Å². The first-order chi connectivity index (χ1) is 30.7. The molecule has 0 unspecified atom stereocenters. The molecule has 0 atom stereocenters. The molecule has 3 heteroatoms. The van der Waals surface area contributed by atoms with Crippen molar-refractivity contribution in [2.75, 3.05) is 0 Å². The smallest absolute Gasteiger partial charge is 0.160 e. The average molecular weight is 807 g/mol. The van der Waals surface area contributed by atoms with Crippen LogP contribution in [0.5, 0.6) is 0 Å². The number of nitrogens with zero attached hydrogens (tertiary/aromatic N) is 2. The fourth-order valence-electron chi connectivity index (χ4n) is 9.70. The lowest BCUT2D eigenvalue weighted by atomic mass is 9.67. The summed E-state index contributed by atoms with van der Waals surface area (Å²) < 4.78 is 0. The third-order valence-corrected chi connectivity index (χ3v) is 13.7. The van der Waals surface area contributed by atoms with E-state index in [1.54, 1.807) is 0 Å². The van der Waals surface area contributed by atoms with Crippen molar-refractivity contribution >= 4 is 11.8 Å². The van der Waals surface area contributed by atoms with E-state index >= 15 is 0 Å². The molecule has 0 fully saturated rings. The second-order valence-corrected chi connectivity index (χ2v) is 17.2. The van der Waals surface area contributed by atoms with E-state index in [0.29, 0.717) is 5.82 Å². The van der Waals surface area contributed by atoms with Crippen molar-refractivity contribution in [2.24, 2.45) is 0 Å². The van der Waals surface area contributed by atoms with Crippen molar-refractivity contribution in [1.29, 1.82) is 0 Å². The Morgan fingerprint density at radius 1 is 0.274 bits per heavy atom. The highest BCUT2D eigenvalue weighted by molar-refractivity contribution is 7.99. The lowest BCUT2D eigenvalue weighted by Crippen LogP contribution is -2.31. The standard InChI is InChI=1S/C59H38N2S/c1-3-15-39(16-4-1)43-19-13-21-46(35-43)55-38-54(60-58(61-55)47-22-14-20-44(36-47)40-17-5-2-6-18-40)42-31-29-41(30-32-42)45-33-34-53-57(37-45)62-56-28-12-11-27-52(56)59(53)50-25-9-7-23-48(50)49-24-8-10-26-51(49)59/h1-38H. The molecular formula is C59H38N2S. The number of rotatable bonds is 6. The van der Waals surface area contributed by atoms with Gasteiger partial charge >= 0.3 is 0 Å². The van der Waals surface area contributed by atoms with Crippen LogP contribution in [0.2, 0.25) is 0 Å². The Labute approximate surface area is 366 Å². The Balaban J connectivity index is 0.952. The Hall–Kier alpha value is -7.59. The molecule has 290 valence electrons. The molecule has 2 nitrogen and oxygen atoms in total. The summed E-state index contributed by atoms with van der Waals surface area (Å²) in [7, 11) is 0. The minimum absolute atomic E-state index is 0.379. The molecule has 1 spiro atoms. The van der Waals surface area contributed by atoms with Crippen molar-refractivity contribution < 1.29 is 0 Å². The summed E-state index contributed by atoms with van der Waals surface area (Å²) in [5.41, 5.74) is 19.5. The third-order valence-electron chi connectivity index (χ3n) is 12.6. The van der Waals surface area contributed by atoms with Gasteiger partial charge in [0.1, 0.15) is 0 Å². The molecule has 1 aliphatic heterocycles. The van der Waals surface area contributed by atoms with Crippen LogP contribution in [0.15, 0.2) is 240 Å². The highest BCUT2D eigenvalue weighted by Gasteiger charge is 2.50. The van der Waals surface area contributed by atoms with Crippen LogP contribution in [0.25, 0.3) is 78.4 Å². The summed E-state index contributed by atoms with van der Waals surface area (Å²) in [5, 5.41) is 0. The van der Waals surface area contributed by atoms with Crippen LogP contribution < -0.4 is 0 Å². The van der Waals surface area contributed by atoms with E-state index in [-0.39, 0.29) is 5.41 Å². The molecule has 0 radical (unpaired) electrons. The quantitative estimate of drug-likeness (QED) is 0.167. The fraction of sp³-hybridized carbons (Fsp3) is 0.0169. The van der Waals surface area contributed by atoms with Crippen LogP contribution in [0.4, 0.5) is 0 Å². The third kappa shape index (κ3) is 5.96. The highest BCUT2D eigenvalue weighted by atomic mass is 32.2. The number of aromatic nitrogens is 2. The topological polar surface area (TPSA) is 25.8 Å². The van der Waals surface area contributed by atoms with E-state index in [4.69, 9.17) is 9.97 Å². The summed E-state index contributed by atoms with van der Waals surface area (Å²) in [4.78, 5) is 13.1. The Morgan fingerprint density at radius 3 is 1.37 bits per heavy atom. The Kier molecular flexibility index (Phi) is 8.69. The van der Waals surface area contributed by atoms with Crippen LogP contribution in [0.3, 0.4) is 0 Å². The minimum atomic E-state index is -0.379. The minimum Gasteiger partial charge on any atom is -0.228 e. The van der Waals surface area contributed by atoms with Crippen molar-refractivity contribution in [3.63, 3.8) is 0 Å². The predicted molar refractivity (Wildman–Crippen MR) is 256 cm³/mol. The van der Waals surface area contributed by atoms with Gasteiger partial charge in [-0.2, -0.15) is 0 Å². The lowest BCUT2D eigenvalue weighted by Gasteiger charge is -2.39. The number of fused-ring (bicyclic) bond motifs is 9. The van der Waals surface area contributed by atoms with E-state index in [1.165, 1.54) is 54.3 Å². The number of hydrogen-bond acceptors (Lipinski definition) is 3. The maximum atomic E-state index is 5.26. The summed E-state index contributed by atoms with van der Waals surface area (Å²) in [5.74, 6) is 0.695. The van der Waals surface area contributed by atoms with Gasteiger partial charge in [-0.05, 0) is 97.1 Å². The molecular weight excluding hydrogens is 769 g/mol. The zero-order valence-electron chi connectivity index (χ0n) is 33.7. The molecule has 12 rings (SSSR count). The molecule has 0 saturated carbocycles. The predicted octanol–water partition coefficient (Wildman–Crippen LogP) is 15.3. The molecule has 1 aromatic heterocycles. The summed E-state index contributed by atoms with van der Waals surface area (Å²) in [6, 6.07) is 83.3. The number of benzene rings is 9. The van der Waals surface area contributed by atoms with Gasteiger partial charge in [0.05, 0.1) is 16.8 Å². The molecule has 62 heavy (non-hydrogen) atoms. The van der Waals surface area contributed by atoms with E-state index in [0.717, 1.165) is 50.3 Å². The summed E-state index contributed by atoms with van der Waals surface area (Å²) >= 11 is 1.88. The maximum Gasteiger partial charge on any atom is 0.160 e. The van der Waals surface area contributed by atoms with Gasteiger partial charge in [-0.1, -0.05) is 212 Å². The largest absolute Gasteiger partial charge is 0.228 e. The zero-order chi connectivity index (χ0) is 41.0. The maximum absolute atomic E-state index is 5.26. The van der Waals surface area contributed by atoms with Crippen molar-refractivity contribution in [3.8, 4) is 78.4 Å². The summed E-state index contributed by atoms with van der Waals surface area (Å²) in [6.45, 7) is 0. The average Bonchev–Trinajstić information content (AvgIpc) is 3.65. The Bertz CT molecular complexity index is 3170. The van der Waals surface area contributed by atoms with Crippen LogP contribution in [-0.2, 0) is 5.41 Å². The van der Waals surface area contributed by atoms with Crippen LogP contribution in [-0.4, -0.2) is 9.97 Å². The van der Waals surface area contributed by atoms with Gasteiger partial charge in [0, 0.05) is 26.5 Å². The molecule has 0 amide bonds. The van der Waals surface area contributed by atoms with Crippen LogP contribution >= 0.6 is 11.8 Å². The monoisotopic (exact) mass is 806 g/mol. The fourth-order valence-corrected chi connectivity index (χ4v) is 10.9. The molecule has 2 heterocycles. The van der Waals surface area contributed by atoms with Crippen LogP contribution in [0.1, 0.15) is 22.3 Å². The first kappa shape index (κ1) is 36.3. The van der Waals surface area contributed by atoms with E-state index < -0.39 is 0 Å². The van der Waals surface area contributed by atoms with Gasteiger partial charge < -0.3 is 0 Å². The second-order valence-electron chi connectivity index (χ2n) is 16.1. The lowest BCUT2D eigenvalue weighted by molar-refractivity contribution is 0.722. The zero-order valence-corrected chi connectivity index (χ0v) is 34.6. The SMILES string of the molecule is c1ccc(-c2cccc(-c3cc(-c4ccc(-c5ccc6c(c5)Sc5ccccc5C65c6ccccc6-c6ccccc65)cc4)nc(-c4cccc(-c5ccccc5)c4)n3)c2)cc1. The molecule has 0 saturated heterocycles. The molecule has 0 N–H and O–H groups in total. The molecule has 2 aliphatic rings.